The minimum absolute atomic E-state index is 0.137. The summed E-state index contributed by atoms with van der Waals surface area (Å²) >= 11 is 0. The minimum atomic E-state index is -1.16. The van der Waals surface area contributed by atoms with Gasteiger partial charge >= 0.3 is 5.97 Å². The molecule has 0 saturated carbocycles. The lowest BCUT2D eigenvalue weighted by atomic mass is 10.2. The highest BCUT2D eigenvalue weighted by Gasteiger charge is 2.28. The highest BCUT2D eigenvalue weighted by Crippen LogP contribution is 2.20. The predicted octanol–water partition coefficient (Wildman–Crippen LogP) is 1.29. The Morgan fingerprint density at radius 3 is 2.88 bits per heavy atom. The Morgan fingerprint density at radius 1 is 1.24 bits per heavy atom. The van der Waals surface area contributed by atoms with Gasteiger partial charge < -0.3 is 14.5 Å². The van der Waals surface area contributed by atoms with Crippen molar-refractivity contribution in [1.29, 1.82) is 0 Å². The first-order valence-corrected chi connectivity index (χ1v) is 7.59. The van der Waals surface area contributed by atoms with Crippen LogP contribution in [0.3, 0.4) is 0 Å². The van der Waals surface area contributed by atoms with Gasteiger partial charge in [-0.25, -0.2) is 4.79 Å². The molecular weight excluding hydrogens is 326 g/mol. The molecule has 0 atom stereocenters. The average molecular weight is 339 g/mol. The predicted molar refractivity (Wildman–Crippen MR) is 83.7 cm³/mol. The zero-order valence-corrected chi connectivity index (χ0v) is 13.0. The van der Waals surface area contributed by atoms with Crippen LogP contribution in [0.4, 0.5) is 0 Å². The number of rotatable bonds is 4. The zero-order valence-electron chi connectivity index (χ0n) is 13.0. The van der Waals surface area contributed by atoms with Crippen LogP contribution in [0, 0.1) is 0 Å². The van der Waals surface area contributed by atoms with E-state index >= 15 is 0 Å². The summed E-state index contributed by atoms with van der Waals surface area (Å²) in [5.74, 6) is -0.918. The van der Waals surface area contributed by atoms with Gasteiger partial charge in [0.25, 0.3) is 5.91 Å². The molecule has 1 aliphatic heterocycles. The van der Waals surface area contributed by atoms with Crippen LogP contribution in [0.1, 0.15) is 26.7 Å². The number of carboxylic acid groups (broad SMARTS) is 1. The molecule has 126 valence electrons. The molecule has 25 heavy (non-hydrogen) atoms. The van der Waals surface area contributed by atoms with E-state index in [1.165, 1.54) is 10.7 Å². The maximum atomic E-state index is 12.5. The minimum Gasteiger partial charge on any atom is -0.476 e. The van der Waals surface area contributed by atoms with E-state index in [4.69, 9.17) is 9.63 Å². The number of nitrogens with zero attached hydrogens (tertiary/aromatic N) is 5. The first-order chi connectivity index (χ1) is 12.1. The molecule has 3 aromatic rings. The second kappa shape index (κ2) is 5.86. The van der Waals surface area contributed by atoms with Crippen LogP contribution in [0.2, 0.25) is 0 Å². The van der Waals surface area contributed by atoms with Crippen molar-refractivity contribution < 1.29 is 19.2 Å². The van der Waals surface area contributed by atoms with Gasteiger partial charge in [-0.05, 0) is 12.1 Å². The highest BCUT2D eigenvalue weighted by atomic mass is 16.5. The van der Waals surface area contributed by atoms with E-state index in [0.29, 0.717) is 30.2 Å². The third kappa shape index (κ3) is 2.75. The number of pyridine rings is 1. The van der Waals surface area contributed by atoms with Crippen LogP contribution < -0.4 is 0 Å². The summed E-state index contributed by atoms with van der Waals surface area (Å²) in [5, 5.41) is 16.9. The van der Waals surface area contributed by atoms with E-state index < -0.39 is 5.97 Å². The molecule has 0 saturated heterocycles. The number of hydrogen-bond acceptors (Lipinski definition) is 6. The van der Waals surface area contributed by atoms with Crippen molar-refractivity contribution in [2.45, 2.75) is 13.1 Å². The molecule has 0 bridgehead atoms. The molecule has 0 aliphatic carbocycles. The van der Waals surface area contributed by atoms with E-state index in [9.17, 15) is 9.59 Å². The van der Waals surface area contributed by atoms with Gasteiger partial charge in [0.05, 0.1) is 18.8 Å². The van der Waals surface area contributed by atoms with Crippen molar-refractivity contribution in [2.75, 3.05) is 6.54 Å². The summed E-state index contributed by atoms with van der Waals surface area (Å²) in [6, 6.07) is 8.51. The number of hydrogen-bond donors (Lipinski definition) is 1. The fourth-order valence-corrected chi connectivity index (χ4v) is 2.70. The zero-order chi connectivity index (χ0) is 17.4. The van der Waals surface area contributed by atoms with Crippen LogP contribution in [0.15, 0.2) is 41.1 Å². The lowest BCUT2D eigenvalue weighted by molar-refractivity contribution is 0.0659. The van der Waals surface area contributed by atoms with E-state index in [-0.39, 0.29) is 23.8 Å². The summed E-state index contributed by atoms with van der Waals surface area (Å²) in [4.78, 5) is 29.3. The molecule has 3 aromatic heterocycles. The maximum absolute atomic E-state index is 12.5. The first kappa shape index (κ1) is 15.1. The number of carboxylic acids is 1. The van der Waals surface area contributed by atoms with E-state index in [1.54, 1.807) is 17.2 Å². The van der Waals surface area contributed by atoms with Gasteiger partial charge in [-0.1, -0.05) is 11.2 Å². The maximum Gasteiger partial charge on any atom is 0.356 e. The van der Waals surface area contributed by atoms with E-state index in [2.05, 4.69) is 15.2 Å². The first-order valence-electron chi connectivity index (χ1n) is 7.59. The molecule has 0 fully saturated rings. The van der Waals surface area contributed by atoms with E-state index in [1.807, 2.05) is 18.2 Å². The molecule has 0 aromatic carbocycles. The lowest BCUT2D eigenvalue weighted by Gasteiger charge is -2.26. The lowest BCUT2D eigenvalue weighted by Crippen LogP contribution is -2.39. The van der Waals surface area contributed by atoms with Crippen LogP contribution in [0.5, 0.6) is 0 Å². The summed E-state index contributed by atoms with van der Waals surface area (Å²) in [5.41, 5.74) is 1.40. The number of aromatic nitrogens is 4. The van der Waals surface area contributed by atoms with Crippen molar-refractivity contribution in [3.63, 3.8) is 0 Å². The van der Waals surface area contributed by atoms with Gasteiger partial charge in [-0.15, -0.1) is 0 Å². The van der Waals surface area contributed by atoms with Crippen LogP contribution in [-0.2, 0) is 13.1 Å². The highest BCUT2D eigenvalue weighted by molar-refractivity contribution is 5.96. The van der Waals surface area contributed by atoms with E-state index in [0.717, 1.165) is 0 Å². The van der Waals surface area contributed by atoms with Crippen LogP contribution in [0.25, 0.3) is 11.4 Å². The number of aromatic carboxylic acids is 1. The van der Waals surface area contributed by atoms with Crippen LogP contribution >= 0.6 is 0 Å². The summed E-state index contributed by atoms with van der Waals surface area (Å²) in [6.45, 7) is 1.08. The van der Waals surface area contributed by atoms with Crippen molar-refractivity contribution in [3.8, 4) is 11.4 Å². The Bertz CT molecular complexity index is 947. The Balaban J connectivity index is 1.53. The topological polar surface area (TPSA) is 114 Å². The third-order valence-electron chi connectivity index (χ3n) is 3.92. The molecule has 9 nitrogen and oxygen atoms in total. The van der Waals surface area contributed by atoms with Crippen molar-refractivity contribution in [1.82, 2.24) is 24.8 Å². The Kier molecular flexibility index (Phi) is 3.53. The summed E-state index contributed by atoms with van der Waals surface area (Å²) in [7, 11) is 0. The molecule has 1 N–H and O–H groups in total. The quantitative estimate of drug-likeness (QED) is 0.761. The van der Waals surface area contributed by atoms with Gasteiger partial charge in [0.15, 0.2) is 11.5 Å². The number of carbonyl (C=O) groups is 2. The second-order valence-electron chi connectivity index (χ2n) is 5.56. The number of fused-ring (bicyclic) bond motifs is 1. The Hall–Kier alpha value is -3.49. The molecule has 1 amide bonds. The fraction of sp³-hybridized carbons (Fsp3) is 0.188. The molecular formula is C16H13N5O4. The summed E-state index contributed by atoms with van der Waals surface area (Å²) in [6.07, 6.45) is 1.67. The average Bonchev–Trinajstić information content (AvgIpc) is 3.26. The number of carbonyl (C=O) groups excluding carboxylic acids is 1. The normalized spacial score (nSPS) is 13.8. The van der Waals surface area contributed by atoms with Crippen molar-refractivity contribution in [3.05, 3.63) is 53.7 Å². The molecule has 4 rings (SSSR count). The van der Waals surface area contributed by atoms with Gasteiger partial charge in [0.2, 0.25) is 0 Å². The monoisotopic (exact) mass is 339 g/mol. The fourth-order valence-electron chi connectivity index (χ4n) is 2.70. The largest absolute Gasteiger partial charge is 0.476 e. The number of amides is 1. The molecule has 1 aliphatic rings. The second-order valence-corrected chi connectivity index (χ2v) is 5.56. The molecule has 9 heteroatoms. The van der Waals surface area contributed by atoms with Crippen molar-refractivity contribution >= 4 is 11.9 Å². The van der Waals surface area contributed by atoms with Gasteiger partial charge in [0.1, 0.15) is 11.4 Å². The van der Waals surface area contributed by atoms with Crippen LogP contribution in [-0.4, -0.2) is 48.3 Å². The van der Waals surface area contributed by atoms with Crippen molar-refractivity contribution in [2.24, 2.45) is 0 Å². The SMILES string of the molecule is O=C(O)c1cc2n(n1)CCN(Cc1cc(-c3ccccn3)no1)C2=O. The standard InChI is InChI=1S/C16H13N5O4/c22-15-14-8-13(16(23)24)18-21(14)6-5-20(15)9-10-7-12(19-25-10)11-3-1-2-4-17-11/h1-4,7-8H,5-6,9H2,(H,23,24). The third-order valence-corrected chi connectivity index (χ3v) is 3.92. The molecule has 4 heterocycles. The Labute approximate surface area is 141 Å². The summed E-state index contributed by atoms with van der Waals surface area (Å²) < 4.78 is 6.72. The molecule has 0 unspecified atom stereocenters. The Morgan fingerprint density at radius 2 is 2.12 bits per heavy atom. The smallest absolute Gasteiger partial charge is 0.356 e. The molecule has 0 radical (unpaired) electrons. The van der Waals surface area contributed by atoms with Gasteiger partial charge in [0, 0.05) is 24.9 Å². The molecule has 0 spiro atoms. The van der Waals surface area contributed by atoms with Gasteiger partial charge in [-0.2, -0.15) is 5.10 Å². The van der Waals surface area contributed by atoms with Gasteiger partial charge in [-0.3, -0.25) is 14.5 Å².